The van der Waals surface area contributed by atoms with Gasteiger partial charge in [-0.05, 0) is 18.1 Å². The van der Waals surface area contributed by atoms with E-state index in [0.29, 0.717) is 12.0 Å². The Morgan fingerprint density at radius 3 is 2.73 bits per heavy atom. The van der Waals surface area contributed by atoms with Gasteiger partial charge >= 0.3 is 5.97 Å². The minimum Gasteiger partial charge on any atom is -0.465 e. The van der Waals surface area contributed by atoms with Gasteiger partial charge in [-0.15, -0.1) is 0 Å². The molecule has 0 unspecified atom stereocenters. The van der Waals surface area contributed by atoms with Crippen LogP contribution in [0.2, 0.25) is 0 Å². The van der Waals surface area contributed by atoms with E-state index in [1.165, 1.54) is 12.1 Å². The van der Waals surface area contributed by atoms with Crippen molar-refractivity contribution in [2.24, 2.45) is 0 Å². The number of ether oxygens (including phenoxy) is 1. The van der Waals surface area contributed by atoms with E-state index >= 15 is 0 Å². The third-order valence-corrected chi connectivity index (χ3v) is 2.12. The Balaban J connectivity index is 3.47. The van der Waals surface area contributed by atoms with Crippen LogP contribution < -0.4 is 0 Å². The Labute approximate surface area is 87.1 Å². The molecule has 1 aromatic rings. The molecular weight excluding hydrogens is 197 g/mol. The zero-order valence-electron chi connectivity index (χ0n) is 8.50. The van der Waals surface area contributed by atoms with E-state index < -0.39 is 11.8 Å². The van der Waals surface area contributed by atoms with E-state index in [4.69, 9.17) is 5.26 Å². The van der Waals surface area contributed by atoms with Crippen LogP contribution in [0.25, 0.3) is 0 Å². The Kier molecular flexibility index (Phi) is 3.40. The second-order valence-corrected chi connectivity index (χ2v) is 2.91. The first-order chi connectivity index (χ1) is 7.15. The molecule has 0 bridgehead atoms. The summed E-state index contributed by atoms with van der Waals surface area (Å²) in [4.78, 5) is 11.3. The van der Waals surface area contributed by atoms with Gasteiger partial charge in [-0.25, -0.2) is 9.18 Å². The fourth-order valence-electron chi connectivity index (χ4n) is 1.34. The lowest BCUT2D eigenvalue weighted by molar-refractivity contribution is 0.0595. The number of methoxy groups -OCH3 is 1. The summed E-state index contributed by atoms with van der Waals surface area (Å²) in [5.41, 5.74) is 0.419. The van der Waals surface area contributed by atoms with Gasteiger partial charge in [0.2, 0.25) is 0 Å². The number of nitrogens with zero attached hydrogens (tertiary/aromatic N) is 1. The van der Waals surface area contributed by atoms with Gasteiger partial charge < -0.3 is 4.74 Å². The van der Waals surface area contributed by atoms with E-state index in [0.717, 1.165) is 7.11 Å². The predicted molar refractivity (Wildman–Crippen MR) is 51.8 cm³/mol. The highest BCUT2D eigenvalue weighted by atomic mass is 19.1. The van der Waals surface area contributed by atoms with E-state index in [1.54, 1.807) is 0 Å². The zero-order chi connectivity index (χ0) is 11.4. The smallest absolute Gasteiger partial charge is 0.342 e. The minimum absolute atomic E-state index is 0.0596. The van der Waals surface area contributed by atoms with Crippen LogP contribution in [0.1, 0.15) is 28.4 Å². The van der Waals surface area contributed by atoms with Crippen molar-refractivity contribution in [3.05, 3.63) is 34.6 Å². The monoisotopic (exact) mass is 207 g/mol. The van der Waals surface area contributed by atoms with Crippen LogP contribution in [0.15, 0.2) is 12.1 Å². The van der Waals surface area contributed by atoms with Crippen molar-refractivity contribution in [1.29, 1.82) is 5.26 Å². The maximum atomic E-state index is 13.3. The van der Waals surface area contributed by atoms with Crippen LogP contribution in [0.5, 0.6) is 0 Å². The minimum atomic E-state index is -0.820. The van der Waals surface area contributed by atoms with Crippen LogP contribution in [0, 0.1) is 17.1 Å². The highest BCUT2D eigenvalue weighted by molar-refractivity contribution is 5.92. The van der Waals surface area contributed by atoms with Crippen molar-refractivity contribution in [3.63, 3.8) is 0 Å². The van der Waals surface area contributed by atoms with Crippen LogP contribution >= 0.6 is 0 Å². The van der Waals surface area contributed by atoms with Crippen molar-refractivity contribution in [3.8, 4) is 6.07 Å². The van der Waals surface area contributed by atoms with E-state index in [2.05, 4.69) is 4.74 Å². The summed E-state index contributed by atoms with van der Waals surface area (Å²) in [5, 5.41) is 8.87. The second-order valence-electron chi connectivity index (χ2n) is 2.91. The number of aryl methyl sites for hydroxylation is 1. The molecule has 0 saturated heterocycles. The maximum absolute atomic E-state index is 13.3. The van der Waals surface area contributed by atoms with Crippen LogP contribution in [0.4, 0.5) is 4.39 Å². The number of halogens is 1. The Morgan fingerprint density at radius 2 is 2.27 bits per heavy atom. The molecule has 3 nitrogen and oxygen atoms in total. The molecule has 0 aliphatic heterocycles. The number of carbonyl (C=O) groups is 1. The van der Waals surface area contributed by atoms with Gasteiger partial charge in [0.15, 0.2) is 0 Å². The summed E-state index contributed by atoms with van der Waals surface area (Å²) in [6, 6.07) is 4.50. The summed E-state index contributed by atoms with van der Waals surface area (Å²) in [6.07, 6.45) is 0.563. The summed E-state index contributed by atoms with van der Waals surface area (Å²) >= 11 is 0. The molecule has 0 aliphatic rings. The van der Waals surface area contributed by atoms with Crippen molar-refractivity contribution in [1.82, 2.24) is 0 Å². The average Bonchev–Trinajstić information content (AvgIpc) is 2.27. The molecule has 4 heteroatoms. The number of hydrogen-bond donors (Lipinski definition) is 0. The van der Waals surface area contributed by atoms with Gasteiger partial charge in [0, 0.05) is 0 Å². The number of rotatable bonds is 2. The second kappa shape index (κ2) is 4.56. The van der Waals surface area contributed by atoms with Gasteiger partial charge in [0.25, 0.3) is 0 Å². The van der Waals surface area contributed by atoms with Crippen molar-refractivity contribution < 1.29 is 13.9 Å². The van der Waals surface area contributed by atoms with Gasteiger partial charge in [-0.3, -0.25) is 0 Å². The molecule has 78 valence electrons. The fourth-order valence-corrected chi connectivity index (χ4v) is 1.34. The molecular formula is C11H10FNO2. The van der Waals surface area contributed by atoms with Crippen molar-refractivity contribution in [2.45, 2.75) is 13.3 Å². The Hall–Kier alpha value is -1.89. The Bertz CT molecular complexity index is 435. The normalized spacial score (nSPS) is 9.47. The largest absolute Gasteiger partial charge is 0.465 e. The standard InChI is InChI=1S/C11H10FNO2/c1-3-7-4-5-9(12)10(8(7)6-13)11(14)15-2/h4-5H,3H2,1-2H3. The molecule has 1 rings (SSSR count). The summed E-state index contributed by atoms with van der Waals surface area (Å²) in [7, 11) is 1.15. The molecule has 0 aliphatic carbocycles. The zero-order valence-corrected chi connectivity index (χ0v) is 8.50. The molecule has 0 spiro atoms. The van der Waals surface area contributed by atoms with Gasteiger partial charge in [0.05, 0.1) is 12.7 Å². The molecule has 0 N–H and O–H groups in total. The summed E-state index contributed by atoms with van der Waals surface area (Å²) in [6.45, 7) is 1.83. The van der Waals surface area contributed by atoms with E-state index in [-0.39, 0.29) is 11.1 Å². The molecule has 0 heterocycles. The number of benzene rings is 1. The lowest BCUT2D eigenvalue weighted by Crippen LogP contribution is -2.09. The third-order valence-electron chi connectivity index (χ3n) is 2.12. The summed E-state index contributed by atoms with van der Waals surface area (Å²) in [5.74, 6) is -1.55. The first-order valence-corrected chi connectivity index (χ1v) is 4.45. The molecule has 0 saturated carbocycles. The lowest BCUT2D eigenvalue weighted by atomic mass is 10.00. The predicted octanol–water partition coefficient (Wildman–Crippen LogP) is 2.05. The van der Waals surface area contributed by atoms with Crippen LogP contribution in [-0.2, 0) is 11.2 Å². The molecule has 15 heavy (non-hydrogen) atoms. The molecule has 0 radical (unpaired) electrons. The Morgan fingerprint density at radius 1 is 1.60 bits per heavy atom. The lowest BCUT2D eigenvalue weighted by Gasteiger charge is -2.07. The first kappa shape index (κ1) is 11.2. The number of esters is 1. The number of nitriles is 1. The van der Waals surface area contributed by atoms with Gasteiger partial charge in [-0.1, -0.05) is 13.0 Å². The highest BCUT2D eigenvalue weighted by Crippen LogP contribution is 2.19. The number of hydrogen-bond acceptors (Lipinski definition) is 3. The van der Waals surface area contributed by atoms with Gasteiger partial charge in [0.1, 0.15) is 17.4 Å². The highest BCUT2D eigenvalue weighted by Gasteiger charge is 2.19. The molecule has 0 aromatic heterocycles. The van der Waals surface area contributed by atoms with Crippen molar-refractivity contribution in [2.75, 3.05) is 7.11 Å². The molecule has 0 atom stereocenters. The average molecular weight is 207 g/mol. The third kappa shape index (κ3) is 1.96. The maximum Gasteiger partial charge on any atom is 0.342 e. The quantitative estimate of drug-likeness (QED) is 0.697. The summed E-state index contributed by atoms with van der Waals surface area (Å²) < 4.78 is 17.8. The molecule has 1 aromatic carbocycles. The van der Waals surface area contributed by atoms with E-state index in [1.807, 2.05) is 13.0 Å². The first-order valence-electron chi connectivity index (χ1n) is 4.45. The van der Waals surface area contributed by atoms with Crippen LogP contribution in [-0.4, -0.2) is 13.1 Å². The SMILES string of the molecule is CCc1ccc(F)c(C(=O)OC)c1C#N. The molecule has 0 fully saturated rings. The topological polar surface area (TPSA) is 50.1 Å². The van der Waals surface area contributed by atoms with Crippen molar-refractivity contribution >= 4 is 5.97 Å². The van der Waals surface area contributed by atoms with E-state index in [9.17, 15) is 9.18 Å². The fraction of sp³-hybridized carbons (Fsp3) is 0.273. The van der Waals surface area contributed by atoms with Crippen LogP contribution in [0.3, 0.4) is 0 Å². The molecule has 0 amide bonds. The van der Waals surface area contributed by atoms with Gasteiger partial charge in [-0.2, -0.15) is 5.26 Å². The number of carbonyl (C=O) groups excluding carboxylic acids is 1.